The third-order valence-corrected chi connectivity index (χ3v) is 8.57. The largest absolute Gasteiger partial charge is 0.510 e. The molecule has 1 aromatic carbocycles. The molecule has 0 radical (unpaired) electrons. The molecule has 4 aliphatic rings. The number of benzene rings is 1. The van der Waals surface area contributed by atoms with E-state index in [2.05, 4.69) is 0 Å². The number of allylic oxidation sites excluding steroid dienone is 2. The molecule has 196 valence electrons. The highest BCUT2D eigenvalue weighted by Gasteiger charge is 2.67. The van der Waals surface area contributed by atoms with E-state index in [0.717, 1.165) is 12.8 Å². The minimum atomic E-state index is -2.91. The van der Waals surface area contributed by atoms with Gasteiger partial charge in [-0.3, -0.25) is 19.3 Å². The minimum absolute atomic E-state index is 0.0571. The Kier molecular flexibility index (Phi) is 5.63. The molecule has 7 atom stereocenters. The van der Waals surface area contributed by atoms with Crippen LogP contribution in [0.1, 0.15) is 53.1 Å². The number of aliphatic hydroxyl groups is 4. The zero-order valence-corrected chi connectivity index (χ0v) is 20.7. The number of carbonyl (C=O) groups excluding carboxylic acids is 3. The Balaban J connectivity index is 1.76. The number of Topliss-reactive ketones (excluding diaryl/α,β-unsaturated/α-hetero) is 2. The van der Waals surface area contributed by atoms with Crippen molar-refractivity contribution in [2.24, 2.45) is 17.6 Å². The van der Waals surface area contributed by atoms with Crippen LogP contribution in [0, 0.1) is 11.8 Å². The first-order chi connectivity index (χ1) is 17.3. The lowest BCUT2D eigenvalue weighted by molar-refractivity contribution is -0.162. The van der Waals surface area contributed by atoms with Gasteiger partial charge in [-0.1, -0.05) is 31.2 Å². The lowest BCUT2D eigenvalue weighted by Gasteiger charge is -2.53. The quantitative estimate of drug-likeness (QED) is 0.256. The van der Waals surface area contributed by atoms with Crippen molar-refractivity contribution >= 4 is 17.5 Å². The number of hydrogen-bond donors (Lipinski definition) is 6. The summed E-state index contributed by atoms with van der Waals surface area (Å²) >= 11 is 0. The Morgan fingerprint density at radius 2 is 1.78 bits per heavy atom. The number of ketones is 2. The van der Waals surface area contributed by atoms with Crippen LogP contribution in [-0.4, -0.2) is 79.7 Å². The molecule has 0 aliphatic heterocycles. The number of nitrogens with two attached hydrogens (primary N) is 1. The number of amides is 1. The maximum absolute atomic E-state index is 13.9. The van der Waals surface area contributed by atoms with Crippen molar-refractivity contribution in [2.45, 2.75) is 49.3 Å². The van der Waals surface area contributed by atoms with Crippen molar-refractivity contribution in [1.29, 1.82) is 0 Å². The molecule has 0 spiro atoms. The van der Waals surface area contributed by atoms with Gasteiger partial charge >= 0.3 is 0 Å². The van der Waals surface area contributed by atoms with Crippen molar-refractivity contribution < 1.29 is 39.9 Å². The van der Waals surface area contributed by atoms with E-state index in [0.29, 0.717) is 11.1 Å². The number of rotatable bonds is 3. The van der Waals surface area contributed by atoms with Gasteiger partial charge in [-0.2, -0.15) is 0 Å². The summed E-state index contributed by atoms with van der Waals surface area (Å²) in [5.41, 5.74) is 2.06. The van der Waals surface area contributed by atoms with Crippen LogP contribution in [0.5, 0.6) is 5.75 Å². The van der Waals surface area contributed by atoms with E-state index in [1.807, 2.05) is 12.2 Å². The van der Waals surface area contributed by atoms with Crippen molar-refractivity contribution in [3.63, 3.8) is 0 Å². The Morgan fingerprint density at radius 3 is 2.35 bits per heavy atom. The molecule has 7 N–H and O–H groups in total. The molecule has 1 aromatic rings. The number of fused-ring (bicyclic) bond motifs is 3. The topological polar surface area (TPSA) is 182 Å². The molecule has 0 bridgehead atoms. The molecule has 1 amide bonds. The third kappa shape index (κ3) is 3.12. The lowest BCUT2D eigenvalue weighted by atomic mass is 9.55. The van der Waals surface area contributed by atoms with Gasteiger partial charge in [-0.15, -0.1) is 0 Å². The van der Waals surface area contributed by atoms with Gasteiger partial charge in [0.1, 0.15) is 22.8 Å². The predicted molar refractivity (Wildman–Crippen MR) is 131 cm³/mol. The van der Waals surface area contributed by atoms with Crippen molar-refractivity contribution in [1.82, 2.24) is 4.90 Å². The Hall–Kier alpha value is -3.47. The van der Waals surface area contributed by atoms with Crippen molar-refractivity contribution in [3.8, 4) is 5.75 Å². The number of aliphatic hydroxyl groups excluding tert-OH is 3. The predicted octanol–water partition coefficient (Wildman–Crippen LogP) is 1.09. The smallest absolute Gasteiger partial charge is 0.255 e. The van der Waals surface area contributed by atoms with Gasteiger partial charge in [-0.05, 0) is 38.4 Å². The Morgan fingerprint density at radius 1 is 1.14 bits per heavy atom. The number of likely N-dealkylation sites (N-methyl/N-ethyl adjacent to an activating group) is 1. The lowest BCUT2D eigenvalue weighted by Crippen LogP contribution is -2.68. The molecule has 0 heterocycles. The highest BCUT2D eigenvalue weighted by Crippen LogP contribution is 2.56. The second-order valence-corrected chi connectivity index (χ2v) is 10.6. The van der Waals surface area contributed by atoms with Gasteiger partial charge in [-0.25, -0.2) is 0 Å². The van der Waals surface area contributed by atoms with E-state index < -0.39 is 75.6 Å². The first-order valence-electron chi connectivity index (χ1n) is 12.2. The van der Waals surface area contributed by atoms with Crippen LogP contribution in [0.15, 0.2) is 46.9 Å². The highest BCUT2D eigenvalue weighted by molar-refractivity contribution is 6.25. The molecule has 0 aromatic heterocycles. The normalized spacial score (nSPS) is 35.1. The molecule has 10 heteroatoms. The number of aromatic hydroxyl groups is 1. The summed E-state index contributed by atoms with van der Waals surface area (Å²) in [7, 11) is 3.00. The molecule has 1 unspecified atom stereocenters. The van der Waals surface area contributed by atoms with E-state index in [9.17, 15) is 39.9 Å². The van der Waals surface area contributed by atoms with Crippen LogP contribution in [-0.2, 0) is 9.59 Å². The van der Waals surface area contributed by atoms with Gasteiger partial charge in [0.15, 0.2) is 11.4 Å². The van der Waals surface area contributed by atoms with Crippen molar-refractivity contribution in [2.75, 3.05) is 14.1 Å². The van der Waals surface area contributed by atoms with Gasteiger partial charge < -0.3 is 31.3 Å². The third-order valence-electron chi connectivity index (χ3n) is 8.57. The monoisotopic (exact) mass is 510 g/mol. The van der Waals surface area contributed by atoms with Crippen LogP contribution in [0.3, 0.4) is 0 Å². The average molecular weight is 511 g/mol. The van der Waals surface area contributed by atoms with Crippen LogP contribution < -0.4 is 5.73 Å². The average Bonchev–Trinajstić information content (AvgIpc) is 3.35. The maximum Gasteiger partial charge on any atom is 0.255 e. The molecule has 0 saturated carbocycles. The van der Waals surface area contributed by atoms with E-state index in [4.69, 9.17) is 5.73 Å². The highest BCUT2D eigenvalue weighted by atomic mass is 16.4. The van der Waals surface area contributed by atoms with Crippen LogP contribution >= 0.6 is 0 Å². The van der Waals surface area contributed by atoms with Crippen LogP contribution in [0.4, 0.5) is 0 Å². The van der Waals surface area contributed by atoms with Crippen LogP contribution in [0.2, 0.25) is 0 Å². The SMILES string of the molecule is C[C@@H]1c2ccc(C3C=CCC3)c(O)c2C(=O)C2=C(O)[C@@]3(O)C(=O)C(C(N)=O)=C(O)[C@H](N(C)C)[C@H]3[C@H](O)[C@H]21. The summed E-state index contributed by atoms with van der Waals surface area (Å²) in [5.74, 6) is -8.84. The summed E-state index contributed by atoms with van der Waals surface area (Å²) < 4.78 is 0. The van der Waals surface area contributed by atoms with Crippen molar-refractivity contribution in [3.05, 3.63) is 63.6 Å². The Bertz CT molecular complexity index is 1340. The van der Waals surface area contributed by atoms with E-state index in [1.165, 1.54) is 19.0 Å². The fourth-order valence-corrected chi connectivity index (χ4v) is 6.83. The molecular formula is C27H30N2O8. The molecule has 4 aliphatic carbocycles. The first kappa shape index (κ1) is 25.2. The second-order valence-electron chi connectivity index (χ2n) is 10.6. The van der Waals surface area contributed by atoms with Crippen LogP contribution in [0.25, 0.3) is 0 Å². The van der Waals surface area contributed by atoms with Gasteiger partial charge in [0.25, 0.3) is 5.91 Å². The fourth-order valence-electron chi connectivity index (χ4n) is 6.83. The van der Waals surface area contributed by atoms with E-state index >= 15 is 0 Å². The molecule has 10 nitrogen and oxygen atoms in total. The van der Waals surface area contributed by atoms with E-state index in [-0.39, 0.29) is 17.2 Å². The maximum atomic E-state index is 13.9. The number of hydrogen-bond acceptors (Lipinski definition) is 9. The number of carbonyl (C=O) groups is 3. The number of phenolic OH excluding ortho intramolecular Hbond substituents is 1. The fraction of sp³-hybridized carbons (Fsp3) is 0.444. The summed E-state index contributed by atoms with van der Waals surface area (Å²) in [4.78, 5) is 40.8. The molecule has 0 saturated heterocycles. The van der Waals surface area contributed by atoms with Gasteiger partial charge in [0.05, 0.1) is 23.6 Å². The summed E-state index contributed by atoms with van der Waals surface area (Å²) in [5, 5.41) is 56.8. The second kappa shape index (κ2) is 8.27. The zero-order valence-electron chi connectivity index (χ0n) is 20.7. The first-order valence-corrected chi connectivity index (χ1v) is 12.2. The molecule has 5 rings (SSSR count). The molecule has 37 heavy (non-hydrogen) atoms. The summed E-state index contributed by atoms with van der Waals surface area (Å²) in [6.45, 7) is 1.71. The number of phenols is 1. The minimum Gasteiger partial charge on any atom is -0.510 e. The zero-order chi connectivity index (χ0) is 27.1. The number of nitrogens with zero attached hydrogens (tertiary/aromatic N) is 1. The number of primary amides is 1. The Labute approximate surface area is 213 Å². The summed E-state index contributed by atoms with van der Waals surface area (Å²) in [6.07, 6.45) is 3.93. The van der Waals surface area contributed by atoms with E-state index in [1.54, 1.807) is 19.1 Å². The van der Waals surface area contributed by atoms with Gasteiger partial charge in [0, 0.05) is 23.0 Å². The van der Waals surface area contributed by atoms with Gasteiger partial charge in [0.2, 0.25) is 5.78 Å². The summed E-state index contributed by atoms with van der Waals surface area (Å²) in [6, 6.07) is 2.19. The standard InChI is InChI=1S/C27H30N2O8/c1-10-12-8-9-13(11-6-4-5-7-11)20(30)15(12)21(31)16-14(10)22(32)18-19(29(2)3)23(33)17(26(28)36)25(35)27(18,37)24(16)34/h4,6,8-11,14,18-19,22,30,32-34,37H,5,7H2,1-3H3,(H2,28,36)/t10-,11?,14+,18+,19-,22-,27-/m1/s1. The molecule has 0 fully saturated rings. The molecular weight excluding hydrogens is 480 g/mol.